The molecule has 3 aromatic carbocycles. The number of hydrogen-bond donors (Lipinski definition) is 3. The molecule has 0 fully saturated rings. The highest BCUT2D eigenvalue weighted by molar-refractivity contribution is 5.92. The Morgan fingerprint density at radius 2 is 1.50 bits per heavy atom. The number of phenols is 1. The molecule has 0 bridgehead atoms. The molecule has 0 aliphatic rings. The fourth-order valence-corrected chi connectivity index (χ4v) is 3.30. The van der Waals surface area contributed by atoms with E-state index in [2.05, 4.69) is 10.6 Å². The highest BCUT2D eigenvalue weighted by atomic mass is 16.3. The van der Waals surface area contributed by atoms with Gasteiger partial charge in [0.25, 0.3) is 0 Å². The predicted molar refractivity (Wildman–Crippen MR) is 119 cm³/mol. The van der Waals surface area contributed by atoms with Crippen molar-refractivity contribution in [1.82, 2.24) is 10.6 Å². The van der Waals surface area contributed by atoms with Crippen LogP contribution in [0.1, 0.15) is 44.9 Å². The van der Waals surface area contributed by atoms with Gasteiger partial charge >= 0.3 is 0 Å². The van der Waals surface area contributed by atoms with Crippen LogP contribution in [0, 0.1) is 5.41 Å². The van der Waals surface area contributed by atoms with Crippen molar-refractivity contribution in [2.24, 2.45) is 5.41 Å². The fraction of sp³-hybridized carbons (Fsp3) is 0.280. The largest absolute Gasteiger partial charge is 0.508 e. The fourth-order valence-electron chi connectivity index (χ4n) is 3.30. The van der Waals surface area contributed by atoms with Gasteiger partial charge in [0.05, 0.1) is 6.04 Å². The number of benzene rings is 3. The average molecular weight is 405 g/mol. The van der Waals surface area contributed by atoms with E-state index in [0.717, 1.165) is 16.3 Å². The van der Waals surface area contributed by atoms with Crippen LogP contribution >= 0.6 is 0 Å². The van der Waals surface area contributed by atoms with Crippen LogP contribution in [0.2, 0.25) is 0 Å². The molecule has 156 valence electrons. The first-order chi connectivity index (χ1) is 14.2. The highest BCUT2D eigenvalue weighted by Gasteiger charge is 2.28. The minimum atomic E-state index is -0.722. The minimum Gasteiger partial charge on any atom is -0.508 e. The summed E-state index contributed by atoms with van der Waals surface area (Å²) in [5.74, 6) is -0.419. The van der Waals surface area contributed by atoms with E-state index < -0.39 is 17.5 Å². The van der Waals surface area contributed by atoms with Crippen LogP contribution in [0.5, 0.6) is 5.75 Å². The standard InChI is InChI=1S/C25H28N2O3/c1-16(26-24(30)25(2,3)4)23(29)27-22(18-11-6-5-7-12-18)21-19-13-9-8-10-17(19)14-15-20(21)28/h5-16,22,28H,1-4H3,(H,26,30)(H,27,29). The number of hydrogen-bond acceptors (Lipinski definition) is 3. The SMILES string of the molecule is CC(NC(=O)C(C)(C)C)C(=O)NC(c1ccccc1)c1c(O)ccc2ccccc12. The summed E-state index contributed by atoms with van der Waals surface area (Å²) in [7, 11) is 0. The molecule has 2 amide bonds. The lowest BCUT2D eigenvalue weighted by molar-refractivity contribution is -0.133. The average Bonchev–Trinajstić information content (AvgIpc) is 2.72. The van der Waals surface area contributed by atoms with Crippen molar-refractivity contribution < 1.29 is 14.7 Å². The third-order valence-corrected chi connectivity index (χ3v) is 5.08. The second-order valence-corrected chi connectivity index (χ2v) is 8.52. The van der Waals surface area contributed by atoms with E-state index in [0.29, 0.717) is 5.56 Å². The zero-order valence-corrected chi connectivity index (χ0v) is 17.8. The predicted octanol–water partition coefficient (Wildman–Crippen LogP) is 4.30. The topological polar surface area (TPSA) is 78.4 Å². The third-order valence-electron chi connectivity index (χ3n) is 5.08. The molecule has 0 spiro atoms. The maximum Gasteiger partial charge on any atom is 0.243 e. The van der Waals surface area contributed by atoms with Gasteiger partial charge in [0.1, 0.15) is 11.8 Å². The van der Waals surface area contributed by atoms with Crippen molar-refractivity contribution in [2.75, 3.05) is 0 Å². The van der Waals surface area contributed by atoms with Gasteiger partial charge in [-0.2, -0.15) is 0 Å². The molecule has 3 aromatic rings. The molecule has 0 aromatic heterocycles. The van der Waals surface area contributed by atoms with Gasteiger partial charge in [-0.3, -0.25) is 9.59 Å². The molecule has 0 aliphatic heterocycles. The summed E-state index contributed by atoms with van der Waals surface area (Å²) in [6.07, 6.45) is 0. The number of amides is 2. The van der Waals surface area contributed by atoms with E-state index in [1.165, 1.54) is 0 Å². The Labute approximate surface area is 177 Å². The molecule has 3 N–H and O–H groups in total. The molecule has 0 radical (unpaired) electrons. The molecule has 0 saturated heterocycles. The first-order valence-electron chi connectivity index (χ1n) is 10.1. The van der Waals surface area contributed by atoms with Crippen LogP contribution in [0.3, 0.4) is 0 Å². The number of nitrogens with one attached hydrogen (secondary N) is 2. The number of fused-ring (bicyclic) bond motifs is 1. The second kappa shape index (κ2) is 8.57. The Morgan fingerprint density at radius 3 is 2.17 bits per heavy atom. The summed E-state index contributed by atoms with van der Waals surface area (Å²) in [6.45, 7) is 7.06. The Morgan fingerprint density at radius 1 is 0.867 bits per heavy atom. The van der Waals surface area contributed by atoms with Crippen molar-refractivity contribution in [1.29, 1.82) is 0 Å². The molecule has 3 rings (SSSR count). The molecule has 0 saturated carbocycles. The summed E-state index contributed by atoms with van der Waals surface area (Å²) in [6, 6.07) is 19.4. The molecule has 2 unspecified atom stereocenters. The van der Waals surface area contributed by atoms with Gasteiger partial charge in [0.15, 0.2) is 0 Å². The smallest absolute Gasteiger partial charge is 0.243 e. The molecule has 0 aliphatic carbocycles. The van der Waals surface area contributed by atoms with Gasteiger partial charge < -0.3 is 15.7 Å². The lowest BCUT2D eigenvalue weighted by atomic mass is 9.92. The van der Waals surface area contributed by atoms with Crippen LogP contribution in [-0.4, -0.2) is 23.0 Å². The van der Waals surface area contributed by atoms with E-state index in [-0.39, 0.29) is 17.6 Å². The number of aromatic hydroxyl groups is 1. The highest BCUT2D eigenvalue weighted by Crippen LogP contribution is 2.35. The molecule has 30 heavy (non-hydrogen) atoms. The van der Waals surface area contributed by atoms with Gasteiger partial charge in [-0.1, -0.05) is 81.4 Å². The summed E-state index contributed by atoms with van der Waals surface area (Å²) >= 11 is 0. The zero-order valence-electron chi connectivity index (χ0n) is 17.8. The molecule has 0 heterocycles. The van der Waals surface area contributed by atoms with Gasteiger partial charge in [-0.15, -0.1) is 0 Å². The normalized spacial score (nSPS) is 13.5. The summed E-state index contributed by atoms with van der Waals surface area (Å²) in [5, 5.41) is 18.3. The number of carbonyl (C=O) groups is 2. The van der Waals surface area contributed by atoms with Crippen LogP contribution in [0.4, 0.5) is 0 Å². The summed E-state index contributed by atoms with van der Waals surface area (Å²) in [4.78, 5) is 25.3. The van der Waals surface area contributed by atoms with E-state index in [1.54, 1.807) is 33.8 Å². The minimum absolute atomic E-state index is 0.106. The summed E-state index contributed by atoms with van der Waals surface area (Å²) < 4.78 is 0. The molecular weight excluding hydrogens is 376 g/mol. The Bertz CT molecular complexity index is 1050. The monoisotopic (exact) mass is 404 g/mol. The quantitative estimate of drug-likeness (QED) is 0.593. The second-order valence-electron chi connectivity index (χ2n) is 8.52. The molecule has 5 nitrogen and oxygen atoms in total. The Kier molecular flexibility index (Phi) is 6.11. The third kappa shape index (κ3) is 4.62. The first-order valence-corrected chi connectivity index (χ1v) is 10.1. The Balaban J connectivity index is 1.99. The maximum atomic E-state index is 13.0. The van der Waals surface area contributed by atoms with Crippen molar-refractivity contribution in [3.63, 3.8) is 0 Å². The lowest BCUT2D eigenvalue weighted by Crippen LogP contribution is -2.49. The van der Waals surface area contributed by atoms with Crippen LogP contribution in [0.15, 0.2) is 66.7 Å². The molecule has 5 heteroatoms. The van der Waals surface area contributed by atoms with Gasteiger partial charge in [-0.05, 0) is 29.3 Å². The van der Waals surface area contributed by atoms with E-state index in [1.807, 2.05) is 60.7 Å². The van der Waals surface area contributed by atoms with Crippen molar-refractivity contribution in [3.05, 3.63) is 77.9 Å². The van der Waals surface area contributed by atoms with E-state index in [4.69, 9.17) is 0 Å². The van der Waals surface area contributed by atoms with Crippen LogP contribution < -0.4 is 10.6 Å². The summed E-state index contributed by atoms with van der Waals surface area (Å²) in [5.41, 5.74) is 0.871. The van der Waals surface area contributed by atoms with Gasteiger partial charge in [-0.25, -0.2) is 0 Å². The van der Waals surface area contributed by atoms with Gasteiger partial charge in [0, 0.05) is 11.0 Å². The lowest BCUT2D eigenvalue weighted by Gasteiger charge is -2.26. The number of rotatable bonds is 5. The van der Waals surface area contributed by atoms with Crippen LogP contribution in [0.25, 0.3) is 10.8 Å². The van der Waals surface area contributed by atoms with Crippen LogP contribution in [-0.2, 0) is 9.59 Å². The van der Waals surface area contributed by atoms with Crippen molar-refractivity contribution in [3.8, 4) is 5.75 Å². The first kappa shape index (κ1) is 21.4. The van der Waals surface area contributed by atoms with Crippen molar-refractivity contribution in [2.45, 2.75) is 39.8 Å². The Hall–Kier alpha value is -3.34. The maximum absolute atomic E-state index is 13.0. The van der Waals surface area contributed by atoms with E-state index in [9.17, 15) is 14.7 Å². The molecule has 2 atom stereocenters. The molecular formula is C25H28N2O3. The van der Waals surface area contributed by atoms with Crippen molar-refractivity contribution >= 4 is 22.6 Å². The van der Waals surface area contributed by atoms with E-state index >= 15 is 0 Å². The van der Waals surface area contributed by atoms with Gasteiger partial charge in [0.2, 0.25) is 11.8 Å². The number of carbonyl (C=O) groups excluding carboxylic acids is 2. The number of phenolic OH excluding ortho intramolecular Hbond substituents is 1. The zero-order chi connectivity index (χ0) is 21.9.